The smallest absolute Gasteiger partial charge is 0.228 e. The molecule has 0 spiro atoms. The molecule has 4 nitrogen and oxygen atoms in total. The molecule has 2 aromatic rings. The number of phenols is 1. The van der Waals surface area contributed by atoms with Crippen LogP contribution in [-0.4, -0.2) is 29.0 Å². The van der Waals surface area contributed by atoms with Crippen LogP contribution < -0.4 is 5.32 Å². The number of rotatable bonds is 4. The molecule has 1 amide bonds. The molecule has 1 atom stereocenters. The highest BCUT2D eigenvalue weighted by atomic mass is 16.3. The SMILES string of the molecule is O=C(Nc1ccccc1O)C1CCN(Cc2ccccc2)C1. The van der Waals surface area contributed by atoms with Crippen molar-refractivity contribution in [3.05, 3.63) is 60.2 Å². The Morgan fingerprint density at radius 3 is 2.64 bits per heavy atom. The predicted octanol–water partition coefficient (Wildman–Crippen LogP) is 2.85. The van der Waals surface area contributed by atoms with Crippen molar-refractivity contribution in [2.45, 2.75) is 13.0 Å². The summed E-state index contributed by atoms with van der Waals surface area (Å²) in [5.74, 6) is 0.0652. The molecule has 1 fully saturated rings. The van der Waals surface area contributed by atoms with Gasteiger partial charge in [0.15, 0.2) is 0 Å². The standard InChI is InChI=1S/C18H20N2O2/c21-17-9-5-4-8-16(17)19-18(22)15-10-11-20(13-15)12-14-6-2-1-3-7-14/h1-9,15,21H,10-13H2,(H,19,22). The number of aromatic hydroxyl groups is 1. The van der Waals surface area contributed by atoms with E-state index < -0.39 is 0 Å². The van der Waals surface area contributed by atoms with Crippen molar-refractivity contribution in [3.63, 3.8) is 0 Å². The molecule has 1 unspecified atom stereocenters. The van der Waals surface area contributed by atoms with Gasteiger partial charge in [0.1, 0.15) is 5.75 Å². The lowest BCUT2D eigenvalue weighted by Crippen LogP contribution is -2.26. The van der Waals surface area contributed by atoms with Crippen molar-refractivity contribution in [1.82, 2.24) is 4.90 Å². The van der Waals surface area contributed by atoms with Crippen molar-refractivity contribution in [2.75, 3.05) is 18.4 Å². The van der Waals surface area contributed by atoms with Crippen molar-refractivity contribution < 1.29 is 9.90 Å². The van der Waals surface area contributed by atoms with Crippen molar-refractivity contribution >= 4 is 11.6 Å². The average Bonchev–Trinajstić information content (AvgIpc) is 2.99. The number of likely N-dealkylation sites (tertiary alicyclic amines) is 1. The lowest BCUT2D eigenvalue weighted by Gasteiger charge is -2.16. The summed E-state index contributed by atoms with van der Waals surface area (Å²) in [4.78, 5) is 14.6. The molecule has 4 heteroatoms. The number of carbonyl (C=O) groups excluding carboxylic acids is 1. The monoisotopic (exact) mass is 296 g/mol. The maximum atomic E-state index is 12.3. The lowest BCUT2D eigenvalue weighted by atomic mass is 10.1. The minimum absolute atomic E-state index is 0.0166. The molecule has 0 radical (unpaired) electrons. The molecule has 114 valence electrons. The van der Waals surface area contributed by atoms with E-state index in [1.54, 1.807) is 24.3 Å². The molecule has 0 bridgehead atoms. The fourth-order valence-corrected chi connectivity index (χ4v) is 2.85. The first kappa shape index (κ1) is 14.6. The molecule has 0 aromatic heterocycles. The molecule has 3 rings (SSSR count). The Labute approximate surface area is 130 Å². The highest BCUT2D eigenvalue weighted by molar-refractivity contribution is 5.94. The summed E-state index contributed by atoms with van der Waals surface area (Å²) in [6.07, 6.45) is 0.853. The van der Waals surface area contributed by atoms with Crippen LogP contribution in [0.2, 0.25) is 0 Å². The quantitative estimate of drug-likeness (QED) is 0.853. The Morgan fingerprint density at radius 1 is 1.14 bits per heavy atom. The Balaban J connectivity index is 1.56. The summed E-state index contributed by atoms with van der Waals surface area (Å²) in [7, 11) is 0. The zero-order valence-corrected chi connectivity index (χ0v) is 12.4. The van der Waals surface area contributed by atoms with Crippen molar-refractivity contribution in [1.29, 1.82) is 0 Å². The summed E-state index contributed by atoms with van der Waals surface area (Å²) in [5, 5.41) is 12.5. The summed E-state index contributed by atoms with van der Waals surface area (Å²) in [5.41, 5.74) is 1.75. The van der Waals surface area contributed by atoms with Crippen LogP contribution in [0.1, 0.15) is 12.0 Å². The van der Waals surface area contributed by atoms with Crippen LogP contribution in [0.15, 0.2) is 54.6 Å². The molecule has 0 saturated carbocycles. The second kappa shape index (κ2) is 6.62. The second-order valence-corrected chi connectivity index (χ2v) is 5.71. The number of nitrogens with zero attached hydrogens (tertiary/aromatic N) is 1. The van der Waals surface area contributed by atoms with E-state index in [1.807, 2.05) is 18.2 Å². The van der Waals surface area contributed by atoms with Crippen LogP contribution in [-0.2, 0) is 11.3 Å². The van der Waals surface area contributed by atoms with E-state index in [0.717, 1.165) is 26.1 Å². The number of nitrogens with one attached hydrogen (secondary N) is 1. The number of para-hydroxylation sites is 2. The highest BCUT2D eigenvalue weighted by Crippen LogP contribution is 2.25. The van der Waals surface area contributed by atoms with Crippen LogP contribution in [0.4, 0.5) is 5.69 Å². The second-order valence-electron chi connectivity index (χ2n) is 5.71. The van der Waals surface area contributed by atoms with Gasteiger partial charge in [0.2, 0.25) is 5.91 Å². The molecule has 1 aliphatic heterocycles. The normalized spacial score (nSPS) is 18.3. The molecular weight excluding hydrogens is 276 g/mol. The summed E-state index contributed by atoms with van der Waals surface area (Å²) in [6, 6.07) is 17.1. The van der Waals surface area contributed by atoms with Crippen molar-refractivity contribution in [3.8, 4) is 5.75 Å². The largest absolute Gasteiger partial charge is 0.506 e. The Hall–Kier alpha value is -2.33. The zero-order chi connectivity index (χ0) is 15.4. The summed E-state index contributed by atoms with van der Waals surface area (Å²) in [6.45, 7) is 2.56. The van der Waals surface area contributed by atoms with Crippen LogP contribution in [0.25, 0.3) is 0 Å². The van der Waals surface area contributed by atoms with Crippen LogP contribution >= 0.6 is 0 Å². The average molecular weight is 296 g/mol. The zero-order valence-electron chi connectivity index (χ0n) is 12.4. The van der Waals surface area contributed by atoms with E-state index in [2.05, 4.69) is 22.3 Å². The van der Waals surface area contributed by atoms with Gasteiger partial charge in [0.25, 0.3) is 0 Å². The number of hydrogen-bond donors (Lipinski definition) is 2. The van der Waals surface area contributed by atoms with Gasteiger partial charge in [-0.15, -0.1) is 0 Å². The molecule has 2 N–H and O–H groups in total. The van der Waals surface area contributed by atoms with Gasteiger partial charge in [-0.3, -0.25) is 9.69 Å². The number of amides is 1. The van der Waals surface area contributed by atoms with Gasteiger partial charge >= 0.3 is 0 Å². The number of carbonyl (C=O) groups is 1. The van der Waals surface area contributed by atoms with Gasteiger partial charge in [-0.2, -0.15) is 0 Å². The van der Waals surface area contributed by atoms with Crippen LogP contribution in [0.3, 0.4) is 0 Å². The maximum Gasteiger partial charge on any atom is 0.228 e. The van der Waals surface area contributed by atoms with E-state index >= 15 is 0 Å². The third-order valence-electron chi connectivity index (χ3n) is 4.05. The number of phenolic OH excluding ortho intramolecular Hbond substituents is 1. The van der Waals surface area contributed by atoms with Gasteiger partial charge in [-0.25, -0.2) is 0 Å². The number of benzene rings is 2. The van der Waals surface area contributed by atoms with Crippen LogP contribution in [0.5, 0.6) is 5.75 Å². The minimum atomic E-state index is -0.0247. The summed E-state index contributed by atoms with van der Waals surface area (Å²) >= 11 is 0. The number of anilines is 1. The van der Waals surface area contributed by atoms with E-state index in [9.17, 15) is 9.90 Å². The third-order valence-corrected chi connectivity index (χ3v) is 4.05. The fourth-order valence-electron chi connectivity index (χ4n) is 2.85. The van der Waals surface area contributed by atoms with Crippen LogP contribution in [0, 0.1) is 5.92 Å². The number of hydrogen-bond acceptors (Lipinski definition) is 3. The van der Waals surface area contributed by atoms with Gasteiger partial charge in [0, 0.05) is 13.1 Å². The van der Waals surface area contributed by atoms with Gasteiger partial charge in [-0.05, 0) is 30.7 Å². The molecular formula is C18H20N2O2. The van der Waals surface area contributed by atoms with Gasteiger partial charge < -0.3 is 10.4 Å². The van der Waals surface area contributed by atoms with E-state index in [1.165, 1.54) is 5.56 Å². The third kappa shape index (κ3) is 3.46. The first-order valence-electron chi connectivity index (χ1n) is 7.57. The molecule has 1 aliphatic rings. The molecule has 0 aliphatic carbocycles. The van der Waals surface area contributed by atoms with Crippen molar-refractivity contribution in [2.24, 2.45) is 5.92 Å². The Morgan fingerprint density at radius 2 is 1.86 bits per heavy atom. The van der Waals surface area contributed by atoms with E-state index in [0.29, 0.717) is 5.69 Å². The molecule has 1 saturated heterocycles. The topological polar surface area (TPSA) is 52.6 Å². The molecule has 22 heavy (non-hydrogen) atoms. The first-order chi connectivity index (χ1) is 10.7. The van der Waals surface area contributed by atoms with Gasteiger partial charge in [0.05, 0.1) is 11.6 Å². The lowest BCUT2D eigenvalue weighted by molar-refractivity contribution is -0.119. The molecule has 2 aromatic carbocycles. The Kier molecular flexibility index (Phi) is 4.39. The van der Waals surface area contributed by atoms with Gasteiger partial charge in [-0.1, -0.05) is 42.5 Å². The summed E-state index contributed by atoms with van der Waals surface area (Å²) < 4.78 is 0. The minimum Gasteiger partial charge on any atom is -0.506 e. The predicted molar refractivity (Wildman–Crippen MR) is 86.6 cm³/mol. The highest BCUT2D eigenvalue weighted by Gasteiger charge is 2.28. The van der Waals surface area contributed by atoms with E-state index in [-0.39, 0.29) is 17.6 Å². The Bertz CT molecular complexity index is 643. The first-order valence-corrected chi connectivity index (χ1v) is 7.57. The fraction of sp³-hybridized carbons (Fsp3) is 0.278. The maximum absolute atomic E-state index is 12.3. The molecule has 1 heterocycles. The van der Waals surface area contributed by atoms with E-state index in [4.69, 9.17) is 0 Å².